The monoisotopic (exact) mass is 331 g/mol. The van der Waals surface area contributed by atoms with Crippen molar-refractivity contribution in [2.24, 2.45) is 0 Å². The molecule has 1 unspecified atom stereocenters. The summed E-state index contributed by atoms with van der Waals surface area (Å²) in [6, 6.07) is 8.04. The molecule has 0 fully saturated rings. The molecule has 2 aromatic rings. The fourth-order valence-corrected chi connectivity index (χ4v) is 2.08. The number of nitrogens with one attached hydrogen (secondary N) is 1. The Morgan fingerprint density at radius 1 is 1.29 bits per heavy atom. The quantitative estimate of drug-likeness (QED) is 0.646. The van der Waals surface area contributed by atoms with Crippen LogP contribution in [0.5, 0.6) is 5.75 Å². The normalized spacial score (nSPS) is 11.6. The van der Waals surface area contributed by atoms with Crippen molar-refractivity contribution in [2.45, 2.75) is 19.9 Å². The number of aromatic nitrogens is 1. The molecule has 126 valence electrons. The summed E-state index contributed by atoms with van der Waals surface area (Å²) in [5, 5.41) is 13.5. The van der Waals surface area contributed by atoms with Gasteiger partial charge in [0, 0.05) is 17.8 Å². The van der Waals surface area contributed by atoms with E-state index in [1.54, 1.807) is 24.3 Å². The molecule has 8 nitrogen and oxygen atoms in total. The average Bonchev–Trinajstić information content (AvgIpc) is 2.56. The number of hydrogen-bond acceptors (Lipinski definition) is 5. The highest BCUT2D eigenvalue weighted by Gasteiger charge is 2.18. The smallest absolute Gasteiger partial charge is 0.285 e. The maximum absolute atomic E-state index is 12.3. The van der Waals surface area contributed by atoms with E-state index >= 15 is 0 Å². The number of rotatable bonds is 6. The highest BCUT2D eigenvalue weighted by atomic mass is 16.6. The Balaban J connectivity index is 2.16. The van der Waals surface area contributed by atoms with Crippen LogP contribution in [0.4, 0.5) is 11.4 Å². The van der Waals surface area contributed by atoms with E-state index in [-0.39, 0.29) is 5.69 Å². The summed E-state index contributed by atoms with van der Waals surface area (Å²) in [5.74, 6) is 0.222. The third-order valence-electron chi connectivity index (χ3n) is 3.36. The summed E-state index contributed by atoms with van der Waals surface area (Å²) in [7, 11) is 0. The number of nitrogens with zero attached hydrogens (tertiary/aromatic N) is 2. The van der Waals surface area contributed by atoms with Gasteiger partial charge in [-0.05, 0) is 38.1 Å². The Morgan fingerprint density at radius 3 is 2.54 bits per heavy atom. The topological polar surface area (TPSA) is 103 Å². The van der Waals surface area contributed by atoms with Gasteiger partial charge in [-0.2, -0.15) is 0 Å². The van der Waals surface area contributed by atoms with Crippen LogP contribution in [0.2, 0.25) is 0 Å². The minimum absolute atomic E-state index is 0.254. The maximum Gasteiger partial charge on any atom is 0.285 e. The Kier molecular flexibility index (Phi) is 5.31. The van der Waals surface area contributed by atoms with Crippen molar-refractivity contribution in [3.63, 3.8) is 0 Å². The molecule has 0 aliphatic heterocycles. The van der Waals surface area contributed by atoms with Crippen molar-refractivity contribution < 1.29 is 14.5 Å². The van der Waals surface area contributed by atoms with Gasteiger partial charge in [0.1, 0.15) is 11.8 Å². The zero-order chi connectivity index (χ0) is 17.7. The van der Waals surface area contributed by atoms with E-state index in [0.717, 1.165) is 22.9 Å². The van der Waals surface area contributed by atoms with Crippen LogP contribution in [0.3, 0.4) is 0 Å². The lowest BCUT2D eigenvalue weighted by molar-refractivity contribution is -0.385. The number of hydrogen-bond donors (Lipinski definition) is 1. The number of ether oxygens (including phenoxy) is 1. The first kappa shape index (κ1) is 17.2. The van der Waals surface area contributed by atoms with E-state index in [2.05, 4.69) is 5.32 Å². The van der Waals surface area contributed by atoms with Crippen LogP contribution < -0.4 is 15.6 Å². The van der Waals surface area contributed by atoms with Crippen LogP contribution in [0.25, 0.3) is 0 Å². The Hall–Kier alpha value is -3.16. The molecule has 0 saturated heterocycles. The molecule has 24 heavy (non-hydrogen) atoms. The molecule has 1 atom stereocenters. The molecule has 0 saturated carbocycles. The Bertz CT molecular complexity index is 798. The Morgan fingerprint density at radius 2 is 1.96 bits per heavy atom. The van der Waals surface area contributed by atoms with Gasteiger partial charge in [0.2, 0.25) is 5.91 Å². The molecule has 0 aliphatic rings. The lowest BCUT2D eigenvalue weighted by atomic mass is 10.2. The minimum atomic E-state index is -0.899. The van der Waals surface area contributed by atoms with Gasteiger partial charge in [0.05, 0.1) is 17.7 Å². The minimum Gasteiger partial charge on any atom is -0.494 e. The van der Waals surface area contributed by atoms with Gasteiger partial charge in [0.15, 0.2) is 0 Å². The van der Waals surface area contributed by atoms with Gasteiger partial charge in [0.25, 0.3) is 11.2 Å². The largest absolute Gasteiger partial charge is 0.494 e. The highest BCUT2D eigenvalue weighted by Crippen LogP contribution is 2.17. The summed E-state index contributed by atoms with van der Waals surface area (Å²) >= 11 is 0. The SMILES string of the molecule is CCOc1ccc(NC(=O)C(C)n2cc([N+](=O)[O-])ccc2=O)cc1. The summed E-state index contributed by atoms with van der Waals surface area (Å²) < 4.78 is 6.34. The Labute approximate surface area is 137 Å². The molecule has 0 radical (unpaired) electrons. The number of carbonyl (C=O) groups is 1. The number of nitro groups is 1. The molecule has 0 aliphatic carbocycles. The number of pyridine rings is 1. The fourth-order valence-electron chi connectivity index (χ4n) is 2.08. The van der Waals surface area contributed by atoms with Gasteiger partial charge in [-0.3, -0.25) is 24.3 Å². The summed E-state index contributed by atoms with van der Waals surface area (Å²) in [4.78, 5) is 34.3. The standard InChI is InChI=1S/C16H17N3O5/c1-3-24-14-7-4-12(5-8-14)17-16(21)11(2)18-10-13(19(22)23)6-9-15(18)20/h4-11H,3H2,1-2H3,(H,17,21). The first-order valence-corrected chi connectivity index (χ1v) is 7.32. The number of anilines is 1. The second-order valence-corrected chi connectivity index (χ2v) is 5.01. The van der Waals surface area contributed by atoms with Crippen LogP contribution in [0.1, 0.15) is 19.9 Å². The number of benzene rings is 1. The third kappa shape index (κ3) is 3.97. The van der Waals surface area contributed by atoms with Crippen molar-refractivity contribution in [1.29, 1.82) is 0 Å². The van der Waals surface area contributed by atoms with Crippen LogP contribution >= 0.6 is 0 Å². The van der Waals surface area contributed by atoms with E-state index < -0.39 is 22.4 Å². The molecule has 1 N–H and O–H groups in total. The molecule has 1 amide bonds. The van der Waals surface area contributed by atoms with E-state index in [1.807, 2.05) is 6.92 Å². The van der Waals surface area contributed by atoms with E-state index in [9.17, 15) is 19.7 Å². The second kappa shape index (κ2) is 7.40. The van der Waals surface area contributed by atoms with E-state index in [4.69, 9.17) is 4.74 Å². The fraction of sp³-hybridized carbons (Fsp3) is 0.250. The van der Waals surface area contributed by atoms with Gasteiger partial charge in [-0.1, -0.05) is 0 Å². The van der Waals surface area contributed by atoms with Crippen molar-refractivity contribution in [2.75, 3.05) is 11.9 Å². The van der Waals surface area contributed by atoms with Crippen molar-refractivity contribution in [1.82, 2.24) is 4.57 Å². The third-order valence-corrected chi connectivity index (χ3v) is 3.36. The molecule has 0 spiro atoms. The lowest BCUT2D eigenvalue weighted by Gasteiger charge is -2.15. The van der Waals surface area contributed by atoms with Gasteiger partial charge in [-0.25, -0.2) is 0 Å². The lowest BCUT2D eigenvalue weighted by Crippen LogP contribution is -2.31. The zero-order valence-electron chi connectivity index (χ0n) is 13.3. The molecule has 1 aromatic heterocycles. The molecule has 0 bridgehead atoms. The summed E-state index contributed by atoms with van der Waals surface area (Å²) in [6.45, 7) is 3.90. The number of carbonyl (C=O) groups excluding carboxylic acids is 1. The van der Waals surface area contributed by atoms with Crippen LogP contribution in [-0.2, 0) is 4.79 Å². The molecule has 2 rings (SSSR count). The first-order chi connectivity index (χ1) is 11.4. The van der Waals surface area contributed by atoms with Crippen molar-refractivity contribution in [3.8, 4) is 5.75 Å². The predicted octanol–water partition coefficient (Wildman–Crippen LogP) is 2.35. The van der Waals surface area contributed by atoms with Gasteiger partial charge in [-0.15, -0.1) is 0 Å². The van der Waals surface area contributed by atoms with Gasteiger partial charge >= 0.3 is 0 Å². The second-order valence-electron chi connectivity index (χ2n) is 5.01. The zero-order valence-corrected chi connectivity index (χ0v) is 13.3. The molecular formula is C16H17N3O5. The van der Waals surface area contributed by atoms with Crippen molar-refractivity contribution in [3.05, 3.63) is 63.1 Å². The average molecular weight is 331 g/mol. The van der Waals surface area contributed by atoms with Crippen LogP contribution in [0.15, 0.2) is 47.4 Å². The highest BCUT2D eigenvalue weighted by molar-refractivity contribution is 5.93. The maximum atomic E-state index is 12.3. The number of amides is 1. The van der Waals surface area contributed by atoms with Crippen LogP contribution in [-0.4, -0.2) is 22.0 Å². The molecular weight excluding hydrogens is 314 g/mol. The molecule has 1 aromatic carbocycles. The van der Waals surface area contributed by atoms with E-state index in [0.29, 0.717) is 18.0 Å². The first-order valence-electron chi connectivity index (χ1n) is 7.32. The van der Waals surface area contributed by atoms with Crippen molar-refractivity contribution >= 4 is 17.3 Å². The molecule has 8 heteroatoms. The predicted molar refractivity (Wildman–Crippen MR) is 88.3 cm³/mol. The van der Waals surface area contributed by atoms with E-state index in [1.165, 1.54) is 6.92 Å². The van der Waals surface area contributed by atoms with Gasteiger partial charge < -0.3 is 10.1 Å². The summed E-state index contributed by atoms with van der Waals surface area (Å²) in [6.07, 6.45) is 1.06. The summed E-state index contributed by atoms with van der Waals surface area (Å²) in [5.41, 5.74) is -0.209. The van der Waals surface area contributed by atoms with Crippen LogP contribution in [0, 0.1) is 10.1 Å². The molecule has 1 heterocycles.